The monoisotopic (exact) mass is 482 g/mol. The number of nitrogens with one attached hydrogen (secondary N) is 2. The zero-order valence-electron chi connectivity index (χ0n) is 16.4. The molecule has 1 aliphatic rings. The molecule has 148 valence electrons. The Morgan fingerprint density at radius 2 is 1.89 bits per heavy atom. The van der Waals surface area contributed by atoms with Gasteiger partial charge in [-0.05, 0) is 49.7 Å². The van der Waals surface area contributed by atoms with Crippen molar-refractivity contribution in [1.29, 1.82) is 0 Å². The molecule has 0 aliphatic heterocycles. The van der Waals surface area contributed by atoms with Crippen molar-refractivity contribution in [1.82, 2.24) is 25.4 Å². The van der Waals surface area contributed by atoms with E-state index in [-0.39, 0.29) is 24.0 Å². The molecule has 1 fully saturated rings. The van der Waals surface area contributed by atoms with Gasteiger partial charge in [-0.3, -0.25) is 9.56 Å². The second kappa shape index (κ2) is 10.6. The molecule has 2 aromatic rings. The largest absolute Gasteiger partial charge is 0.354 e. The number of aromatic nitrogens is 3. The Labute approximate surface area is 179 Å². The van der Waals surface area contributed by atoms with Gasteiger partial charge >= 0.3 is 0 Å². The third-order valence-corrected chi connectivity index (χ3v) is 5.35. The van der Waals surface area contributed by atoms with Gasteiger partial charge in [0.2, 0.25) is 0 Å². The highest BCUT2D eigenvalue weighted by atomic mass is 127. The number of para-hydroxylation sites is 1. The summed E-state index contributed by atoms with van der Waals surface area (Å²) in [7, 11) is 1.82. The lowest BCUT2D eigenvalue weighted by atomic mass is 9.80. The Balaban J connectivity index is 0.00000261. The highest BCUT2D eigenvalue weighted by Gasteiger charge is 2.23. The van der Waals surface area contributed by atoms with E-state index >= 15 is 0 Å². The van der Waals surface area contributed by atoms with Gasteiger partial charge in [0.1, 0.15) is 6.33 Å². The average molecular weight is 482 g/mol. The van der Waals surface area contributed by atoms with Crippen LogP contribution in [0.5, 0.6) is 0 Å². The number of halogens is 1. The Hall–Kier alpha value is -1.64. The van der Waals surface area contributed by atoms with Crippen molar-refractivity contribution in [2.75, 3.05) is 7.05 Å². The maximum atomic E-state index is 4.38. The van der Waals surface area contributed by atoms with E-state index in [0.29, 0.717) is 12.6 Å². The van der Waals surface area contributed by atoms with Crippen molar-refractivity contribution in [3.8, 4) is 5.69 Å². The molecule has 1 aromatic heterocycles. The zero-order valence-corrected chi connectivity index (χ0v) is 18.8. The zero-order chi connectivity index (χ0) is 18.4. The second-order valence-electron chi connectivity index (χ2n) is 7.38. The Bertz CT molecular complexity index is 704. The molecular formula is C20H31IN6. The van der Waals surface area contributed by atoms with Crippen LogP contribution in [0.3, 0.4) is 0 Å². The Kier molecular flexibility index (Phi) is 8.53. The van der Waals surface area contributed by atoms with Gasteiger partial charge in [0.15, 0.2) is 11.8 Å². The van der Waals surface area contributed by atoms with E-state index in [4.69, 9.17) is 0 Å². The first-order valence-corrected chi connectivity index (χ1v) is 9.59. The lowest BCUT2D eigenvalue weighted by molar-refractivity contribution is 0.250. The molecule has 0 atom stereocenters. The summed E-state index contributed by atoms with van der Waals surface area (Å²) in [6.45, 7) is 5.25. The highest BCUT2D eigenvalue weighted by molar-refractivity contribution is 14.0. The van der Waals surface area contributed by atoms with Crippen LogP contribution in [0.1, 0.15) is 45.4 Å². The lowest BCUT2D eigenvalue weighted by Crippen LogP contribution is -2.45. The van der Waals surface area contributed by atoms with Crippen molar-refractivity contribution in [3.05, 3.63) is 42.5 Å². The molecule has 0 radical (unpaired) electrons. The summed E-state index contributed by atoms with van der Waals surface area (Å²) in [6.07, 6.45) is 6.77. The minimum Gasteiger partial charge on any atom is -0.354 e. The first kappa shape index (κ1) is 21.7. The summed E-state index contributed by atoms with van der Waals surface area (Å²) in [6, 6.07) is 10.6. The molecule has 7 heteroatoms. The van der Waals surface area contributed by atoms with E-state index in [1.807, 2.05) is 41.9 Å². The van der Waals surface area contributed by atoms with Crippen molar-refractivity contribution in [2.45, 2.75) is 52.1 Å². The van der Waals surface area contributed by atoms with Crippen LogP contribution in [0.15, 0.2) is 41.7 Å². The van der Waals surface area contributed by atoms with Gasteiger partial charge in [0.05, 0.1) is 6.54 Å². The fourth-order valence-electron chi connectivity index (χ4n) is 3.66. The van der Waals surface area contributed by atoms with Gasteiger partial charge in [-0.25, -0.2) is 0 Å². The lowest BCUT2D eigenvalue weighted by Gasteiger charge is -2.32. The van der Waals surface area contributed by atoms with E-state index in [1.165, 1.54) is 25.7 Å². The molecule has 2 N–H and O–H groups in total. The number of hydrogen-bond acceptors (Lipinski definition) is 3. The topological polar surface area (TPSA) is 67.1 Å². The van der Waals surface area contributed by atoms with E-state index in [2.05, 4.69) is 39.7 Å². The minimum absolute atomic E-state index is 0. The summed E-state index contributed by atoms with van der Waals surface area (Å²) in [5.74, 6) is 3.36. The summed E-state index contributed by atoms with van der Waals surface area (Å²) in [5, 5.41) is 15.2. The molecule has 6 nitrogen and oxygen atoms in total. The predicted molar refractivity (Wildman–Crippen MR) is 121 cm³/mol. The van der Waals surface area contributed by atoms with Crippen LogP contribution in [0.2, 0.25) is 0 Å². The number of guanidine groups is 1. The van der Waals surface area contributed by atoms with E-state index in [1.54, 1.807) is 6.33 Å². The Morgan fingerprint density at radius 1 is 1.19 bits per heavy atom. The van der Waals surface area contributed by atoms with Crippen LogP contribution in [0.25, 0.3) is 5.69 Å². The third-order valence-electron chi connectivity index (χ3n) is 5.35. The molecule has 1 aliphatic carbocycles. The molecule has 0 spiro atoms. The summed E-state index contributed by atoms with van der Waals surface area (Å²) >= 11 is 0. The number of benzene rings is 1. The summed E-state index contributed by atoms with van der Waals surface area (Å²) in [4.78, 5) is 4.38. The van der Waals surface area contributed by atoms with Crippen molar-refractivity contribution >= 4 is 29.9 Å². The van der Waals surface area contributed by atoms with Crippen LogP contribution in [-0.4, -0.2) is 33.8 Å². The molecule has 0 unspecified atom stereocenters. The Morgan fingerprint density at radius 3 is 2.52 bits per heavy atom. The maximum absolute atomic E-state index is 4.38. The number of rotatable bonds is 5. The van der Waals surface area contributed by atoms with E-state index in [9.17, 15) is 0 Å². The average Bonchev–Trinajstić information content (AvgIpc) is 3.14. The standard InChI is InChI=1S/C20H30N6.HI/c1-15(2)16-9-11-17(12-10-16)24-20(21-3)22-13-19-25-23-14-26(19)18-7-5-4-6-8-18;/h4-8,14-17H,9-13H2,1-3H3,(H2,21,22,24);1H. The van der Waals surface area contributed by atoms with Crippen LogP contribution in [-0.2, 0) is 6.54 Å². The molecule has 0 amide bonds. The smallest absolute Gasteiger partial charge is 0.191 e. The van der Waals surface area contributed by atoms with Gasteiger partial charge < -0.3 is 10.6 Å². The van der Waals surface area contributed by atoms with Gasteiger partial charge in [-0.2, -0.15) is 0 Å². The molecular weight excluding hydrogens is 451 g/mol. The molecule has 1 heterocycles. The molecule has 27 heavy (non-hydrogen) atoms. The van der Waals surface area contributed by atoms with E-state index < -0.39 is 0 Å². The molecule has 0 saturated heterocycles. The minimum atomic E-state index is 0. The fourth-order valence-corrected chi connectivity index (χ4v) is 3.66. The predicted octanol–water partition coefficient (Wildman–Crippen LogP) is 3.77. The van der Waals surface area contributed by atoms with Gasteiger partial charge in [0, 0.05) is 18.8 Å². The van der Waals surface area contributed by atoms with Crippen LogP contribution in [0.4, 0.5) is 0 Å². The molecule has 1 saturated carbocycles. The third kappa shape index (κ3) is 5.92. The highest BCUT2D eigenvalue weighted by Crippen LogP contribution is 2.29. The first-order chi connectivity index (χ1) is 12.7. The van der Waals surface area contributed by atoms with Crippen molar-refractivity contribution in [2.24, 2.45) is 16.8 Å². The van der Waals surface area contributed by atoms with Crippen LogP contribution < -0.4 is 10.6 Å². The number of hydrogen-bond donors (Lipinski definition) is 2. The normalized spacial score (nSPS) is 20.2. The SMILES string of the molecule is CN=C(NCc1nncn1-c1ccccc1)NC1CCC(C(C)C)CC1.I. The van der Waals surface area contributed by atoms with Gasteiger partial charge in [-0.1, -0.05) is 32.0 Å². The maximum Gasteiger partial charge on any atom is 0.191 e. The van der Waals surface area contributed by atoms with Crippen molar-refractivity contribution in [3.63, 3.8) is 0 Å². The summed E-state index contributed by atoms with van der Waals surface area (Å²) < 4.78 is 1.99. The number of nitrogens with zero attached hydrogens (tertiary/aromatic N) is 4. The first-order valence-electron chi connectivity index (χ1n) is 9.59. The molecule has 0 bridgehead atoms. The van der Waals surface area contributed by atoms with E-state index in [0.717, 1.165) is 29.3 Å². The molecule has 3 rings (SSSR count). The van der Waals surface area contributed by atoms with Crippen molar-refractivity contribution < 1.29 is 0 Å². The fraction of sp³-hybridized carbons (Fsp3) is 0.550. The second-order valence-corrected chi connectivity index (χ2v) is 7.38. The molecule has 1 aromatic carbocycles. The van der Waals surface area contributed by atoms with Crippen LogP contribution >= 0.6 is 24.0 Å². The summed E-state index contributed by atoms with van der Waals surface area (Å²) in [5.41, 5.74) is 1.06. The van der Waals surface area contributed by atoms with Gasteiger partial charge in [-0.15, -0.1) is 34.2 Å². The van der Waals surface area contributed by atoms with Crippen LogP contribution in [0, 0.1) is 11.8 Å². The number of aliphatic imine (C=N–C) groups is 1. The quantitative estimate of drug-likeness (QED) is 0.387. The van der Waals surface area contributed by atoms with Gasteiger partial charge in [0.25, 0.3) is 0 Å².